The zero-order valence-electron chi connectivity index (χ0n) is 7.65. The Morgan fingerprint density at radius 2 is 2.57 bits per heavy atom. The molecular weight excluding hydrogens is 200 g/mol. The van der Waals surface area contributed by atoms with Crippen LogP contribution in [-0.4, -0.2) is 14.8 Å². The average Bonchev–Trinajstić information content (AvgIpc) is 2.72. The summed E-state index contributed by atoms with van der Waals surface area (Å²) in [5.41, 5.74) is 1.15. The maximum absolute atomic E-state index is 10.8. The largest absolute Gasteiger partial charge is 0.354 e. The third kappa shape index (κ3) is 1.85. The van der Waals surface area contributed by atoms with Crippen LogP contribution in [0.5, 0.6) is 0 Å². The molecule has 0 unspecified atom stereocenters. The number of nitrogens with zero attached hydrogens (tertiary/aromatic N) is 2. The monoisotopic (exact) mass is 210 g/mol. The van der Waals surface area contributed by atoms with Gasteiger partial charge in [-0.15, -0.1) is 5.10 Å². The number of anilines is 1. The molecule has 0 saturated heterocycles. The number of rotatable bonds is 3. The summed E-state index contributed by atoms with van der Waals surface area (Å²) in [6.07, 6.45) is 1.98. The van der Waals surface area contributed by atoms with E-state index in [1.165, 1.54) is 0 Å². The van der Waals surface area contributed by atoms with Gasteiger partial charge < -0.3 is 9.88 Å². The summed E-state index contributed by atoms with van der Waals surface area (Å²) in [7, 11) is 1.98. The fourth-order valence-electron chi connectivity index (χ4n) is 1.15. The Labute approximate surface area is 84.4 Å². The Kier molecular flexibility index (Phi) is 2.36. The van der Waals surface area contributed by atoms with Gasteiger partial charge in [0.15, 0.2) is 0 Å². The Hall–Kier alpha value is -1.56. The van der Waals surface area contributed by atoms with E-state index in [1.54, 1.807) is 0 Å². The van der Waals surface area contributed by atoms with Crippen LogP contribution >= 0.6 is 11.3 Å². The van der Waals surface area contributed by atoms with Crippen molar-refractivity contribution in [1.29, 1.82) is 0 Å². The van der Waals surface area contributed by atoms with Gasteiger partial charge in [-0.05, 0) is 23.5 Å². The van der Waals surface area contributed by atoms with E-state index in [-0.39, 0.29) is 4.87 Å². The van der Waals surface area contributed by atoms with Crippen LogP contribution in [0.25, 0.3) is 0 Å². The predicted molar refractivity (Wildman–Crippen MR) is 55.5 cm³/mol. The van der Waals surface area contributed by atoms with Gasteiger partial charge in [-0.25, -0.2) is 5.10 Å². The molecule has 5 nitrogen and oxygen atoms in total. The quantitative estimate of drug-likeness (QED) is 0.787. The van der Waals surface area contributed by atoms with Crippen LogP contribution in [0, 0.1) is 0 Å². The van der Waals surface area contributed by atoms with Gasteiger partial charge in [-0.2, -0.15) is 0 Å². The smallest absolute Gasteiger partial charge is 0.324 e. The summed E-state index contributed by atoms with van der Waals surface area (Å²) in [4.78, 5) is 10.6. The first-order valence-electron chi connectivity index (χ1n) is 4.15. The summed E-state index contributed by atoms with van der Waals surface area (Å²) >= 11 is 1.07. The molecule has 2 aromatic rings. The molecule has 2 aromatic heterocycles. The first-order valence-corrected chi connectivity index (χ1v) is 4.97. The van der Waals surface area contributed by atoms with Crippen LogP contribution in [0.4, 0.5) is 5.13 Å². The third-order valence-corrected chi connectivity index (χ3v) is 2.62. The van der Waals surface area contributed by atoms with Crippen molar-refractivity contribution in [2.45, 2.75) is 6.54 Å². The molecule has 0 amide bonds. The number of hydrogen-bond donors (Lipinski definition) is 2. The van der Waals surface area contributed by atoms with Gasteiger partial charge in [0.2, 0.25) is 5.13 Å². The Morgan fingerprint density at radius 3 is 3.14 bits per heavy atom. The summed E-state index contributed by atoms with van der Waals surface area (Å²) in [5, 5.41) is 9.85. The van der Waals surface area contributed by atoms with Crippen LogP contribution in [-0.2, 0) is 13.6 Å². The van der Waals surface area contributed by atoms with Gasteiger partial charge in [0, 0.05) is 18.9 Å². The molecule has 6 heteroatoms. The lowest BCUT2D eigenvalue weighted by Crippen LogP contribution is -2.03. The topological polar surface area (TPSA) is 62.7 Å². The molecule has 0 atom stereocenters. The molecule has 0 aromatic carbocycles. The number of aromatic amines is 1. The second-order valence-electron chi connectivity index (χ2n) is 2.88. The lowest BCUT2D eigenvalue weighted by molar-refractivity contribution is 0.840. The first-order chi connectivity index (χ1) is 6.75. The van der Waals surface area contributed by atoms with Crippen LogP contribution in [0.1, 0.15) is 5.69 Å². The minimum absolute atomic E-state index is 0.139. The molecule has 0 radical (unpaired) electrons. The molecule has 0 aliphatic carbocycles. The highest BCUT2D eigenvalue weighted by Gasteiger charge is 2.00. The lowest BCUT2D eigenvalue weighted by Gasteiger charge is -2.02. The van der Waals surface area contributed by atoms with Gasteiger partial charge in [0.05, 0.1) is 6.54 Å². The lowest BCUT2D eigenvalue weighted by atomic mass is 10.4. The van der Waals surface area contributed by atoms with Crippen molar-refractivity contribution in [3.63, 3.8) is 0 Å². The van der Waals surface area contributed by atoms with E-state index >= 15 is 0 Å². The van der Waals surface area contributed by atoms with Crippen molar-refractivity contribution in [2.24, 2.45) is 7.05 Å². The van der Waals surface area contributed by atoms with Gasteiger partial charge >= 0.3 is 4.87 Å². The summed E-state index contributed by atoms with van der Waals surface area (Å²) < 4.78 is 2.02. The van der Waals surface area contributed by atoms with E-state index in [0.717, 1.165) is 17.0 Å². The van der Waals surface area contributed by atoms with E-state index in [1.807, 2.05) is 29.9 Å². The van der Waals surface area contributed by atoms with Crippen LogP contribution < -0.4 is 10.2 Å². The molecule has 0 aliphatic rings. The van der Waals surface area contributed by atoms with E-state index in [9.17, 15) is 4.79 Å². The van der Waals surface area contributed by atoms with Gasteiger partial charge in [0.1, 0.15) is 0 Å². The van der Waals surface area contributed by atoms with E-state index in [2.05, 4.69) is 15.5 Å². The van der Waals surface area contributed by atoms with Crippen molar-refractivity contribution >= 4 is 16.5 Å². The number of aryl methyl sites for hydroxylation is 1. The SMILES string of the molecule is Cn1cccc1CNc1n[nH]c(=O)s1. The molecule has 2 rings (SSSR count). The molecule has 0 aliphatic heterocycles. The zero-order chi connectivity index (χ0) is 9.97. The van der Waals surface area contributed by atoms with Gasteiger partial charge in [0.25, 0.3) is 0 Å². The van der Waals surface area contributed by atoms with Gasteiger partial charge in [-0.3, -0.25) is 4.79 Å². The molecule has 2 heterocycles. The second-order valence-corrected chi connectivity index (χ2v) is 3.84. The maximum Gasteiger partial charge on any atom is 0.324 e. The number of hydrogen-bond acceptors (Lipinski definition) is 4. The summed E-state index contributed by atoms with van der Waals surface area (Å²) in [6, 6.07) is 3.99. The molecule has 0 saturated carbocycles. The van der Waals surface area contributed by atoms with Crippen molar-refractivity contribution in [1.82, 2.24) is 14.8 Å². The predicted octanol–water partition coefficient (Wildman–Crippen LogP) is 0.782. The highest BCUT2D eigenvalue weighted by molar-refractivity contribution is 7.12. The number of H-pyrrole nitrogens is 1. The average molecular weight is 210 g/mol. The first kappa shape index (κ1) is 9.01. The molecule has 0 spiro atoms. The van der Waals surface area contributed by atoms with E-state index in [4.69, 9.17) is 0 Å². The fourth-order valence-corrected chi connectivity index (χ4v) is 1.65. The molecule has 14 heavy (non-hydrogen) atoms. The van der Waals surface area contributed by atoms with Crippen molar-refractivity contribution < 1.29 is 0 Å². The van der Waals surface area contributed by atoms with Crippen LogP contribution in [0.2, 0.25) is 0 Å². The minimum atomic E-state index is -0.139. The molecule has 2 N–H and O–H groups in total. The van der Waals surface area contributed by atoms with E-state index in [0.29, 0.717) is 11.7 Å². The van der Waals surface area contributed by atoms with Crippen LogP contribution in [0.3, 0.4) is 0 Å². The third-order valence-electron chi connectivity index (χ3n) is 1.91. The van der Waals surface area contributed by atoms with Crippen molar-refractivity contribution in [3.05, 3.63) is 33.7 Å². The zero-order valence-corrected chi connectivity index (χ0v) is 8.47. The highest BCUT2D eigenvalue weighted by Crippen LogP contribution is 2.07. The highest BCUT2D eigenvalue weighted by atomic mass is 32.1. The molecular formula is C8H10N4OS. The minimum Gasteiger partial charge on any atom is -0.354 e. The Morgan fingerprint density at radius 1 is 1.71 bits per heavy atom. The summed E-state index contributed by atoms with van der Waals surface area (Å²) in [6.45, 7) is 0.671. The van der Waals surface area contributed by atoms with Crippen molar-refractivity contribution in [2.75, 3.05) is 5.32 Å². The Balaban J connectivity index is 2.01. The van der Waals surface area contributed by atoms with Crippen molar-refractivity contribution in [3.8, 4) is 0 Å². The fraction of sp³-hybridized carbons (Fsp3) is 0.250. The summed E-state index contributed by atoms with van der Waals surface area (Å²) in [5.74, 6) is 0. The molecule has 74 valence electrons. The standard InChI is InChI=1S/C8H10N4OS/c1-12-4-2-3-6(12)5-9-7-10-11-8(13)14-7/h2-4H,5H2,1H3,(H,9,10)(H,11,13). The molecule has 0 fully saturated rings. The normalized spacial score (nSPS) is 10.4. The van der Waals surface area contributed by atoms with Gasteiger partial charge in [-0.1, -0.05) is 0 Å². The Bertz CT molecular complexity index is 469. The number of nitrogens with one attached hydrogen (secondary N) is 2. The second kappa shape index (κ2) is 3.67. The number of aromatic nitrogens is 3. The van der Waals surface area contributed by atoms with E-state index < -0.39 is 0 Å². The van der Waals surface area contributed by atoms with Crippen LogP contribution in [0.15, 0.2) is 23.1 Å². The molecule has 0 bridgehead atoms. The maximum atomic E-state index is 10.8.